The Bertz CT molecular complexity index is 574. The lowest BCUT2D eigenvalue weighted by atomic mass is 9.96. The van der Waals surface area contributed by atoms with Gasteiger partial charge in [0.15, 0.2) is 0 Å². The number of carbonyl (C=O) groups is 1. The van der Waals surface area contributed by atoms with Gasteiger partial charge in [0.25, 0.3) is 0 Å². The molecule has 2 rings (SSSR count). The number of rotatable bonds is 7. The van der Waals surface area contributed by atoms with Crippen molar-refractivity contribution in [1.82, 2.24) is 5.01 Å². The van der Waals surface area contributed by atoms with Gasteiger partial charge in [-0.05, 0) is 47.7 Å². The number of hydrogen-bond donors (Lipinski definition) is 1. The predicted octanol–water partition coefficient (Wildman–Crippen LogP) is 3.99. The van der Waals surface area contributed by atoms with Crippen LogP contribution in [0.3, 0.4) is 0 Å². The van der Waals surface area contributed by atoms with E-state index in [1.165, 1.54) is 0 Å². The number of hydrogen-bond acceptors (Lipinski definition) is 4. The average molecular weight is 369 g/mol. The second kappa shape index (κ2) is 6.69. The van der Waals surface area contributed by atoms with E-state index >= 15 is 0 Å². The fraction of sp³-hybridized carbons (Fsp3) is 0.500. The minimum absolute atomic E-state index is 0.531. The third kappa shape index (κ3) is 3.11. The third-order valence-electron chi connectivity index (χ3n) is 4.02. The van der Waals surface area contributed by atoms with Crippen molar-refractivity contribution < 1.29 is 14.6 Å². The topological polar surface area (TPSA) is 62.1 Å². The van der Waals surface area contributed by atoms with Crippen molar-refractivity contribution in [2.24, 2.45) is 10.5 Å². The molecule has 0 aromatic rings. The zero-order valence-electron chi connectivity index (χ0n) is 12.9. The van der Waals surface area contributed by atoms with E-state index in [4.69, 9.17) is 4.74 Å². The molecule has 0 radical (unpaired) electrons. The Balaban J connectivity index is 2.36. The lowest BCUT2D eigenvalue weighted by Crippen LogP contribution is -2.30. The Morgan fingerprint density at radius 3 is 2.73 bits per heavy atom. The molecule has 0 atom stereocenters. The lowest BCUT2D eigenvalue weighted by Gasteiger charge is -2.27. The molecule has 6 heteroatoms. The Morgan fingerprint density at radius 2 is 2.23 bits per heavy atom. The summed E-state index contributed by atoms with van der Waals surface area (Å²) in [7, 11) is 1.56. The highest BCUT2D eigenvalue weighted by Gasteiger charge is 2.54. The number of aliphatic carboxylic acids is 1. The number of unbranched alkanes of at least 4 members (excludes halogenated alkanes) is 1. The molecule has 0 amide bonds. The third-order valence-corrected chi connectivity index (χ3v) is 4.74. The summed E-state index contributed by atoms with van der Waals surface area (Å²) in [6, 6.07) is 0. The maximum absolute atomic E-state index is 11.6. The highest BCUT2D eigenvalue weighted by atomic mass is 79.9. The molecule has 1 saturated carbocycles. The van der Waals surface area contributed by atoms with Crippen LogP contribution in [0.15, 0.2) is 39.9 Å². The van der Waals surface area contributed by atoms with Gasteiger partial charge in [-0.3, -0.25) is 4.79 Å². The highest BCUT2D eigenvalue weighted by Crippen LogP contribution is 2.49. The first kappa shape index (κ1) is 16.8. The fourth-order valence-corrected chi connectivity index (χ4v) is 2.71. The summed E-state index contributed by atoms with van der Waals surface area (Å²) in [6.07, 6.45) is 7.49. The molecular formula is C16H21BrN2O3. The summed E-state index contributed by atoms with van der Waals surface area (Å²) in [5.41, 5.74) is 0.532. The van der Waals surface area contributed by atoms with Crippen molar-refractivity contribution in [3.05, 3.63) is 34.8 Å². The number of carboxylic acids is 1. The first-order chi connectivity index (χ1) is 10.5. The Hall–Kier alpha value is -1.56. The maximum atomic E-state index is 11.6. The van der Waals surface area contributed by atoms with E-state index in [0.29, 0.717) is 36.6 Å². The van der Waals surface area contributed by atoms with E-state index in [1.54, 1.807) is 18.2 Å². The molecule has 1 aliphatic carbocycles. The zero-order valence-corrected chi connectivity index (χ0v) is 14.5. The van der Waals surface area contributed by atoms with Crippen LogP contribution in [0.2, 0.25) is 0 Å². The molecule has 0 aromatic heterocycles. The normalized spacial score (nSPS) is 20.4. The molecule has 1 aliphatic heterocycles. The molecule has 0 aromatic carbocycles. The lowest BCUT2D eigenvalue weighted by molar-refractivity contribution is -0.140. The van der Waals surface area contributed by atoms with Crippen LogP contribution < -0.4 is 0 Å². The summed E-state index contributed by atoms with van der Waals surface area (Å²) in [5.74, 6) is -0.258. The van der Waals surface area contributed by atoms with Gasteiger partial charge in [0.05, 0.1) is 18.5 Å². The van der Waals surface area contributed by atoms with Gasteiger partial charge in [-0.15, -0.1) is 0 Å². The maximum Gasteiger partial charge on any atom is 0.315 e. The molecular weight excluding hydrogens is 348 g/mol. The van der Waals surface area contributed by atoms with Crippen LogP contribution in [-0.4, -0.2) is 28.9 Å². The van der Waals surface area contributed by atoms with Gasteiger partial charge >= 0.3 is 5.97 Å². The molecule has 0 saturated heterocycles. The second-order valence-corrected chi connectivity index (χ2v) is 6.37. The van der Waals surface area contributed by atoms with Crippen molar-refractivity contribution in [2.75, 3.05) is 7.11 Å². The number of methoxy groups -OCH3 is 1. The molecule has 22 heavy (non-hydrogen) atoms. The number of hydrazone groups is 1. The van der Waals surface area contributed by atoms with Crippen molar-refractivity contribution in [3.8, 4) is 0 Å². The van der Waals surface area contributed by atoms with Crippen molar-refractivity contribution in [1.29, 1.82) is 0 Å². The fourth-order valence-electron chi connectivity index (χ4n) is 2.41. The van der Waals surface area contributed by atoms with E-state index in [-0.39, 0.29) is 0 Å². The first-order valence-corrected chi connectivity index (χ1v) is 8.17. The van der Waals surface area contributed by atoms with Crippen LogP contribution in [0.5, 0.6) is 0 Å². The van der Waals surface area contributed by atoms with Crippen LogP contribution in [0.1, 0.15) is 39.0 Å². The van der Waals surface area contributed by atoms with E-state index in [1.807, 2.05) is 6.08 Å². The predicted molar refractivity (Wildman–Crippen MR) is 89.3 cm³/mol. The molecule has 1 heterocycles. The molecule has 0 unspecified atom stereocenters. The van der Waals surface area contributed by atoms with Crippen molar-refractivity contribution >= 4 is 27.6 Å². The van der Waals surface area contributed by atoms with Gasteiger partial charge in [-0.2, -0.15) is 5.10 Å². The molecule has 1 N–H and O–H groups in total. The van der Waals surface area contributed by atoms with Crippen LogP contribution in [-0.2, 0) is 9.53 Å². The highest BCUT2D eigenvalue weighted by molar-refractivity contribution is 9.12. The number of ether oxygens (including phenoxy) is 1. The van der Waals surface area contributed by atoms with E-state index < -0.39 is 11.4 Å². The Labute approximate surface area is 139 Å². The van der Waals surface area contributed by atoms with Crippen LogP contribution >= 0.6 is 15.9 Å². The SMILES string of the molecule is C=C1C(Br)=CC=C(OC)N1N=C(CCCC)C1(C(=O)O)CC1. The molecule has 5 nitrogen and oxygen atoms in total. The summed E-state index contributed by atoms with van der Waals surface area (Å²) in [5, 5.41) is 15.8. The Kier molecular flexibility index (Phi) is 5.11. The summed E-state index contributed by atoms with van der Waals surface area (Å²) in [6.45, 7) is 6.07. The zero-order chi connectivity index (χ0) is 16.3. The number of allylic oxidation sites excluding steroid dienone is 3. The minimum Gasteiger partial charge on any atom is -0.481 e. The van der Waals surface area contributed by atoms with E-state index in [9.17, 15) is 9.90 Å². The minimum atomic E-state index is -0.804. The summed E-state index contributed by atoms with van der Waals surface area (Å²) >= 11 is 3.42. The van der Waals surface area contributed by atoms with Gasteiger partial charge in [-0.25, -0.2) is 5.01 Å². The summed E-state index contributed by atoms with van der Waals surface area (Å²) in [4.78, 5) is 11.6. The quantitative estimate of drug-likeness (QED) is 0.690. The van der Waals surface area contributed by atoms with Crippen LogP contribution in [0.4, 0.5) is 0 Å². The van der Waals surface area contributed by atoms with Crippen LogP contribution in [0, 0.1) is 5.41 Å². The van der Waals surface area contributed by atoms with Gasteiger partial charge in [0.2, 0.25) is 5.88 Å². The molecule has 2 aliphatic rings. The molecule has 0 bridgehead atoms. The second-order valence-electron chi connectivity index (χ2n) is 5.52. The van der Waals surface area contributed by atoms with Gasteiger partial charge in [-0.1, -0.05) is 19.9 Å². The van der Waals surface area contributed by atoms with Crippen LogP contribution in [0.25, 0.3) is 0 Å². The number of carboxylic acid groups (broad SMARTS) is 1. The van der Waals surface area contributed by atoms with E-state index in [2.05, 4.69) is 34.5 Å². The first-order valence-electron chi connectivity index (χ1n) is 7.38. The van der Waals surface area contributed by atoms with Crippen molar-refractivity contribution in [2.45, 2.75) is 39.0 Å². The van der Waals surface area contributed by atoms with Crippen molar-refractivity contribution in [3.63, 3.8) is 0 Å². The molecule has 0 spiro atoms. The monoisotopic (exact) mass is 368 g/mol. The van der Waals surface area contributed by atoms with Gasteiger partial charge < -0.3 is 9.84 Å². The standard InChI is InChI=1S/C16H21BrN2O3/c1-4-5-6-13(16(9-10-16)15(20)21)18-19-11(2)12(17)7-8-14(19)22-3/h7-8H,2,4-6,9-10H2,1,3H3,(H,20,21). The van der Waals surface area contributed by atoms with E-state index in [0.717, 1.165) is 17.3 Å². The molecule has 1 fully saturated rings. The largest absolute Gasteiger partial charge is 0.481 e. The molecule has 120 valence electrons. The summed E-state index contributed by atoms with van der Waals surface area (Å²) < 4.78 is 6.13. The number of halogens is 1. The smallest absolute Gasteiger partial charge is 0.315 e. The van der Waals surface area contributed by atoms with Gasteiger partial charge in [0, 0.05) is 10.6 Å². The Morgan fingerprint density at radius 1 is 1.55 bits per heavy atom. The van der Waals surface area contributed by atoms with Gasteiger partial charge in [0.1, 0.15) is 5.41 Å². The number of nitrogens with zero attached hydrogens (tertiary/aromatic N) is 2. The average Bonchev–Trinajstić information content (AvgIpc) is 3.29.